The minimum absolute atomic E-state index is 0.00625. The smallest absolute Gasteiger partial charge is 0.343 e. The number of hydrogen-bond acceptors (Lipinski definition) is 5. The van der Waals surface area contributed by atoms with E-state index in [0.29, 0.717) is 17.1 Å². The molecule has 2 aromatic carbocycles. The van der Waals surface area contributed by atoms with Gasteiger partial charge in [0.25, 0.3) is 0 Å². The summed E-state index contributed by atoms with van der Waals surface area (Å²) in [5.41, 5.74) is 3.87. The van der Waals surface area contributed by atoms with Crippen molar-refractivity contribution in [3.63, 3.8) is 0 Å². The zero-order valence-electron chi connectivity index (χ0n) is 14.6. The molecule has 0 N–H and O–H groups in total. The van der Waals surface area contributed by atoms with E-state index in [4.69, 9.17) is 14.2 Å². The van der Waals surface area contributed by atoms with Crippen LogP contribution in [0.1, 0.15) is 39.2 Å². The molecule has 4 rings (SSSR count). The minimum Gasteiger partial charge on any atom is -0.493 e. The lowest BCUT2D eigenvalue weighted by atomic mass is 9.86. The van der Waals surface area contributed by atoms with Crippen molar-refractivity contribution in [3.05, 3.63) is 58.7 Å². The summed E-state index contributed by atoms with van der Waals surface area (Å²) in [5, 5.41) is 0. The number of esters is 1. The van der Waals surface area contributed by atoms with Gasteiger partial charge in [0.1, 0.15) is 11.7 Å². The number of benzene rings is 2. The maximum atomic E-state index is 12.6. The molecule has 130 valence electrons. The highest BCUT2D eigenvalue weighted by Gasteiger charge is 2.43. The Labute approximate surface area is 147 Å². The van der Waals surface area contributed by atoms with E-state index in [9.17, 15) is 4.79 Å². The average molecular weight is 339 g/mol. The number of fused-ring (bicyclic) bond motifs is 2. The lowest BCUT2D eigenvalue weighted by Crippen LogP contribution is -2.35. The van der Waals surface area contributed by atoms with Gasteiger partial charge in [-0.05, 0) is 30.7 Å². The number of methoxy groups -OCH3 is 2. The third-order valence-electron chi connectivity index (χ3n) is 5.19. The van der Waals surface area contributed by atoms with E-state index in [1.807, 2.05) is 18.2 Å². The summed E-state index contributed by atoms with van der Waals surface area (Å²) >= 11 is 0. The second-order valence-corrected chi connectivity index (χ2v) is 6.47. The summed E-state index contributed by atoms with van der Waals surface area (Å²) in [7, 11) is 5.18. The van der Waals surface area contributed by atoms with Crippen LogP contribution in [-0.4, -0.2) is 38.7 Å². The second-order valence-electron chi connectivity index (χ2n) is 6.47. The van der Waals surface area contributed by atoms with Crippen LogP contribution in [0.3, 0.4) is 0 Å². The molecule has 0 amide bonds. The Bertz CT molecular complexity index is 832. The van der Waals surface area contributed by atoms with Crippen molar-refractivity contribution in [3.8, 4) is 11.5 Å². The molecule has 5 heteroatoms. The van der Waals surface area contributed by atoms with Gasteiger partial charge in [-0.1, -0.05) is 30.3 Å². The van der Waals surface area contributed by atoms with Gasteiger partial charge in [-0.2, -0.15) is 0 Å². The zero-order chi connectivity index (χ0) is 17.6. The molecule has 0 aromatic heterocycles. The van der Waals surface area contributed by atoms with Crippen LogP contribution in [-0.2, 0) is 11.2 Å². The van der Waals surface area contributed by atoms with Crippen LogP contribution in [0.15, 0.2) is 36.4 Å². The fourth-order valence-corrected chi connectivity index (χ4v) is 3.98. The predicted molar refractivity (Wildman–Crippen MR) is 93.2 cm³/mol. The highest BCUT2D eigenvalue weighted by molar-refractivity contribution is 5.98. The van der Waals surface area contributed by atoms with Gasteiger partial charge in [-0.15, -0.1) is 0 Å². The lowest BCUT2D eigenvalue weighted by molar-refractivity contribution is 0.00938. The van der Waals surface area contributed by atoms with E-state index in [1.165, 1.54) is 11.1 Å². The molecule has 0 saturated heterocycles. The number of carbonyl (C=O) groups excluding carboxylic acids is 1. The fraction of sp³-hybridized carbons (Fsp3) is 0.350. The third kappa shape index (κ3) is 2.38. The van der Waals surface area contributed by atoms with Crippen LogP contribution < -0.4 is 9.47 Å². The van der Waals surface area contributed by atoms with Crippen molar-refractivity contribution in [2.45, 2.75) is 18.6 Å². The van der Waals surface area contributed by atoms with Crippen LogP contribution in [0.25, 0.3) is 0 Å². The summed E-state index contributed by atoms with van der Waals surface area (Å²) < 4.78 is 16.6. The Morgan fingerprint density at radius 3 is 2.64 bits per heavy atom. The number of likely N-dealkylation sites (N-methyl/N-ethyl adjacent to an activating group) is 1. The highest BCUT2D eigenvalue weighted by atomic mass is 16.6. The first kappa shape index (κ1) is 16.0. The normalized spacial score (nSPS) is 22.1. The zero-order valence-corrected chi connectivity index (χ0v) is 14.6. The van der Waals surface area contributed by atoms with E-state index in [-0.39, 0.29) is 18.1 Å². The predicted octanol–water partition coefficient (Wildman–Crippen LogP) is 3.14. The summed E-state index contributed by atoms with van der Waals surface area (Å²) in [5.74, 6) is 0.628. The molecule has 2 unspecified atom stereocenters. The molecule has 0 bridgehead atoms. The summed E-state index contributed by atoms with van der Waals surface area (Å²) in [4.78, 5) is 14.9. The molecule has 0 saturated carbocycles. The maximum absolute atomic E-state index is 12.6. The topological polar surface area (TPSA) is 48.0 Å². The van der Waals surface area contributed by atoms with Gasteiger partial charge in [0.15, 0.2) is 11.5 Å². The first-order valence-electron chi connectivity index (χ1n) is 8.39. The van der Waals surface area contributed by atoms with Gasteiger partial charge in [0, 0.05) is 12.1 Å². The van der Waals surface area contributed by atoms with Gasteiger partial charge in [0.05, 0.1) is 20.3 Å². The molecule has 2 atom stereocenters. The SMILES string of the molecule is COc1ccc2c(c1OC)C(=O)OC2C1c2ccccc2CCN1C. The summed E-state index contributed by atoms with van der Waals surface area (Å²) in [6.45, 7) is 0.929. The molecule has 2 heterocycles. The van der Waals surface area contributed by atoms with E-state index < -0.39 is 0 Å². The standard InChI is InChI=1S/C20H21NO4/c1-21-11-10-12-6-4-5-7-13(12)17(21)18-14-8-9-15(23-2)19(24-3)16(14)20(22)25-18/h4-9,17-18H,10-11H2,1-3H3. The largest absolute Gasteiger partial charge is 0.493 e. The van der Waals surface area contributed by atoms with Gasteiger partial charge >= 0.3 is 5.97 Å². The second kappa shape index (κ2) is 6.08. The van der Waals surface area contributed by atoms with Gasteiger partial charge in [0.2, 0.25) is 0 Å². The first-order valence-corrected chi connectivity index (χ1v) is 8.39. The average Bonchev–Trinajstić information content (AvgIpc) is 2.97. The molecular weight excluding hydrogens is 318 g/mol. The lowest BCUT2D eigenvalue weighted by Gasteiger charge is -2.37. The molecule has 0 radical (unpaired) electrons. The van der Waals surface area contributed by atoms with Gasteiger partial charge in [-0.25, -0.2) is 4.79 Å². The van der Waals surface area contributed by atoms with Crippen LogP contribution >= 0.6 is 0 Å². The molecule has 0 aliphatic carbocycles. The Kier molecular flexibility index (Phi) is 3.88. The van der Waals surface area contributed by atoms with Crippen LogP contribution in [0.5, 0.6) is 11.5 Å². The van der Waals surface area contributed by atoms with Crippen molar-refractivity contribution in [1.29, 1.82) is 0 Å². The number of carbonyl (C=O) groups is 1. The molecule has 2 aliphatic rings. The van der Waals surface area contributed by atoms with E-state index in [2.05, 4.69) is 30.1 Å². The molecule has 2 aliphatic heterocycles. The number of nitrogens with zero attached hydrogens (tertiary/aromatic N) is 1. The van der Waals surface area contributed by atoms with Crippen molar-refractivity contribution in [1.82, 2.24) is 4.90 Å². The number of cyclic esters (lactones) is 1. The van der Waals surface area contributed by atoms with Crippen molar-refractivity contribution in [2.24, 2.45) is 0 Å². The molecule has 2 aromatic rings. The number of hydrogen-bond donors (Lipinski definition) is 0. The molecule has 5 nitrogen and oxygen atoms in total. The third-order valence-corrected chi connectivity index (χ3v) is 5.19. The summed E-state index contributed by atoms with van der Waals surface area (Å²) in [6, 6.07) is 12.1. The van der Waals surface area contributed by atoms with E-state index in [1.54, 1.807) is 14.2 Å². The maximum Gasteiger partial charge on any atom is 0.343 e. The van der Waals surface area contributed by atoms with Crippen molar-refractivity contribution >= 4 is 5.97 Å². The molecule has 0 spiro atoms. The monoisotopic (exact) mass is 339 g/mol. The number of rotatable bonds is 3. The van der Waals surface area contributed by atoms with E-state index in [0.717, 1.165) is 18.5 Å². The Balaban J connectivity index is 1.84. The molecule has 0 fully saturated rings. The van der Waals surface area contributed by atoms with Crippen molar-refractivity contribution in [2.75, 3.05) is 27.8 Å². The van der Waals surface area contributed by atoms with Gasteiger partial charge < -0.3 is 14.2 Å². The van der Waals surface area contributed by atoms with Crippen LogP contribution in [0.4, 0.5) is 0 Å². The van der Waals surface area contributed by atoms with Crippen LogP contribution in [0.2, 0.25) is 0 Å². The fourth-order valence-electron chi connectivity index (χ4n) is 3.98. The molecular formula is C20H21NO4. The van der Waals surface area contributed by atoms with Crippen LogP contribution in [0, 0.1) is 0 Å². The quantitative estimate of drug-likeness (QED) is 0.804. The Hall–Kier alpha value is -2.53. The first-order chi connectivity index (χ1) is 12.2. The Morgan fingerprint density at radius 2 is 1.88 bits per heavy atom. The van der Waals surface area contributed by atoms with E-state index >= 15 is 0 Å². The van der Waals surface area contributed by atoms with Crippen molar-refractivity contribution < 1.29 is 19.0 Å². The Morgan fingerprint density at radius 1 is 1.08 bits per heavy atom. The van der Waals surface area contributed by atoms with Gasteiger partial charge in [-0.3, -0.25) is 4.90 Å². The molecule has 25 heavy (non-hydrogen) atoms. The highest BCUT2D eigenvalue weighted by Crippen LogP contribution is 2.49. The summed E-state index contributed by atoms with van der Waals surface area (Å²) in [6.07, 6.45) is 0.650. The minimum atomic E-state index is -0.354. The number of ether oxygens (including phenoxy) is 3.